The Morgan fingerprint density at radius 2 is 1.96 bits per heavy atom. The number of ether oxygens (including phenoxy) is 1. The molecule has 5 heteroatoms. The van der Waals surface area contributed by atoms with Gasteiger partial charge in [0.15, 0.2) is 0 Å². The summed E-state index contributed by atoms with van der Waals surface area (Å²) in [6.45, 7) is 2.57. The lowest BCUT2D eigenvalue weighted by Gasteiger charge is -2.27. The van der Waals surface area contributed by atoms with Crippen LogP contribution in [0.25, 0.3) is 0 Å². The van der Waals surface area contributed by atoms with Crippen molar-refractivity contribution in [3.8, 4) is 5.75 Å². The number of rotatable bonds is 4. The van der Waals surface area contributed by atoms with Crippen molar-refractivity contribution in [1.29, 1.82) is 0 Å². The second-order valence-corrected chi connectivity index (χ2v) is 7.21. The van der Waals surface area contributed by atoms with E-state index in [1.54, 1.807) is 0 Å². The molecule has 0 bridgehead atoms. The van der Waals surface area contributed by atoms with Crippen LogP contribution >= 0.6 is 12.4 Å². The predicted octanol–water partition coefficient (Wildman–Crippen LogP) is 3.64. The molecular weight excluding hydrogens is 360 g/mol. The van der Waals surface area contributed by atoms with E-state index < -0.39 is 0 Å². The van der Waals surface area contributed by atoms with Crippen LogP contribution in [0, 0.1) is 5.92 Å². The number of piperidine rings is 1. The van der Waals surface area contributed by atoms with Crippen LogP contribution in [-0.4, -0.2) is 25.6 Å². The molecule has 0 aromatic heterocycles. The highest BCUT2D eigenvalue weighted by atomic mass is 35.5. The highest BCUT2D eigenvalue weighted by Crippen LogP contribution is 2.30. The van der Waals surface area contributed by atoms with Gasteiger partial charge in [-0.25, -0.2) is 0 Å². The fraction of sp³-hybridized carbons (Fsp3) is 0.409. The van der Waals surface area contributed by atoms with Crippen molar-refractivity contribution in [2.75, 3.05) is 19.7 Å². The van der Waals surface area contributed by atoms with Crippen molar-refractivity contribution in [1.82, 2.24) is 10.6 Å². The summed E-state index contributed by atoms with van der Waals surface area (Å²) in [5.74, 6) is 1.17. The van der Waals surface area contributed by atoms with Crippen molar-refractivity contribution in [3.05, 3.63) is 65.2 Å². The van der Waals surface area contributed by atoms with Crippen molar-refractivity contribution in [2.45, 2.75) is 31.7 Å². The predicted molar refractivity (Wildman–Crippen MR) is 110 cm³/mol. The number of benzene rings is 2. The standard InChI is InChI=1S/C22H26N2O2.ClH/c25-22(19-8-4-12-23-15-19)24-21(16-6-2-1-3-7-16)18-10-11-20-17(14-18)9-5-13-26-20;/h1-3,6-7,10-11,14,19,21,23H,4-5,8-9,12-13,15H2,(H,24,25);1H. The number of hydrogen-bond donors (Lipinski definition) is 2. The normalized spacial score (nSPS) is 19.8. The van der Waals surface area contributed by atoms with Gasteiger partial charge >= 0.3 is 0 Å². The van der Waals surface area contributed by atoms with E-state index >= 15 is 0 Å². The van der Waals surface area contributed by atoms with Gasteiger partial charge in [0.25, 0.3) is 0 Å². The van der Waals surface area contributed by atoms with Crippen molar-refractivity contribution >= 4 is 18.3 Å². The molecule has 1 fully saturated rings. The van der Waals surface area contributed by atoms with Gasteiger partial charge < -0.3 is 15.4 Å². The van der Waals surface area contributed by atoms with Crippen molar-refractivity contribution < 1.29 is 9.53 Å². The van der Waals surface area contributed by atoms with Gasteiger partial charge in [-0.1, -0.05) is 36.4 Å². The minimum atomic E-state index is -0.127. The average molecular weight is 387 g/mol. The number of aryl methyl sites for hydroxylation is 1. The van der Waals surface area contributed by atoms with E-state index in [4.69, 9.17) is 4.74 Å². The Balaban J connectivity index is 0.00000210. The maximum atomic E-state index is 12.9. The molecule has 144 valence electrons. The molecule has 2 atom stereocenters. The summed E-state index contributed by atoms with van der Waals surface area (Å²) < 4.78 is 5.74. The molecule has 0 saturated carbocycles. The van der Waals surface area contributed by atoms with Gasteiger partial charge in [-0.2, -0.15) is 0 Å². The summed E-state index contributed by atoms with van der Waals surface area (Å²) in [4.78, 5) is 12.9. The van der Waals surface area contributed by atoms with Crippen LogP contribution < -0.4 is 15.4 Å². The van der Waals surface area contributed by atoms with E-state index in [2.05, 4.69) is 34.9 Å². The van der Waals surface area contributed by atoms with Gasteiger partial charge in [-0.3, -0.25) is 4.79 Å². The Kier molecular flexibility index (Phi) is 6.75. The number of amides is 1. The van der Waals surface area contributed by atoms with E-state index in [1.807, 2.05) is 24.3 Å². The lowest BCUT2D eigenvalue weighted by atomic mass is 9.93. The van der Waals surface area contributed by atoms with E-state index in [0.717, 1.165) is 62.3 Å². The third-order valence-electron chi connectivity index (χ3n) is 5.35. The number of nitrogens with one attached hydrogen (secondary N) is 2. The quantitative estimate of drug-likeness (QED) is 0.843. The second-order valence-electron chi connectivity index (χ2n) is 7.21. The summed E-state index contributed by atoms with van der Waals surface area (Å²) in [5.41, 5.74) is 3.47. The van der Waals surface area contributed by atoms with Crippen molar-refractivity contribution in [3.63, 3.8) is 0 Å². The second kappa shape index (κ2) is 9.25. The van der Waals surface area contributed by atoms with Crippen LogP contribution in [0.4, 0.5) is 0 Å². The zero-order valence-electron chi connectivity index (χ0n) is 15.4. The molecular formula is C22H27ClN2O2. The maximum Gasteiger partial charge on any atom is 0.225 e. The van der Waals surface area contributed by atoms with E-state index in [1.165, 1.54) is 5.56 Å². The Morgan fingerprint density at radius 3 is 2.74 bits per heavy atom. The number of fused-ring (bicyclic) bond motifs is 1. The van der Waals surface area contributed by atoms with Gasteiger partial charge in [0.2, 0.25) is 5.91 Å². The topological polar surface area (TPSA) is 50.4 Å². The molecule has 2 heterocycles. The first kappa shape index (κ1) is 19.7. The molecule has 1 amide bonds. The van der Waals surface area contributed by atoms with Crippen LogP contribution in [0.3, 0.4) is 0 Å². The van der Waals surface area contributed by atoms with Gasteiger partial charge in [0.05, 0.1) is 18.6 Å². The summed E-state index contributed by atoms with van der Waals surface area (Å²) >= 11 is 0. The lowest BCUT2D eigenvalue weighted by molar-refractivity contribution is -0.126. The summed E-state index contributed by atoms with van der Waals surface area (Å²) in [6, 6.07) is 16.4. The molecule has 2 aliphatic heterocycles. The fourth-order valence-corrected chi connectivity index (χ4v) is 3.90. The van der Waals surface area contributed by atoms with E-state index in [-0.39, 0.29) is 30.3 Å². The van der Waals surface area contributed by atoms with Crippen LogP contribution in [-0.2, 0) is 11.2 Å². The van der Waals surface area contributed by atoms with Crippen LogP contribution in [0.1, 0.15) is 42.0 Å². The largest absolute Gasteiger partial charge is 0.493 e. The molecule has 4 rings (SSSR count). The fourth-order valence-electron chi connectivity index (χ4n) is 3.90. The first-order valence-electron chi connectivity index (χ1n) is 9.63. The Labute approximate surface area is 167 Å². The summed E-state index contributed by atoms with van der Waals surface area (Å²) in [5, 5.41) is 6.64. The minimum Gasteiger partial charge on any atom is -0.493 e. The van der Waals surface area contributed by atoms with Gasteiger partial charge in [0, 0.05) is 6.54 Å². The molecule has 2 aromatic carbocycles. The number of carbonyl (C=O) groups is 1. The Morgan fingerprint density at radius 1 is 1.11 bits per heavy atom. The third-order valence-corrected chi connectivity index (χ3v) is 5.35. The summed E-state index contributed by atoms with van der Waals surface area (Å²) in [7, 11) is 0. The highest BCUT2D eigenvalue weighted by molar-refractivity contribution is 5.85. The number of carbonyl (C=O) groups excluding carboxylic acids is 1. The first-order chi connectivity index (χ1) is 12.8. The highest BCUT2D eigenvalue weighted by Gasteiger charge is 2.25. The molecule has 2 unspecified atom stereocenters. The Bertz CT molecular complexity index is 760. The number of hydrogen-bond acceptors (Lipinski definition) is 3. The van der Waals surface area contributed by atoms with Crippen LogP contribution in [0.5, 0.6) is 5.75 Å². The number of halogens is 1. The molecule has 0 radical (unpaired) electrons. The minimum absolute atomic E-state index is 0. The average Bonchev–Trinajstić information content (AvgIpc) is 2.73. The van der Waals surface area contributed by atoms with E-state index in [9.17, 15) is 4.79 Å². The molecule has 2 aromatic rings. The molecule has 0 aliphatic carbocycles. The zero-order valence-corrected chi connectivity index (χ0v) is 16.3. The molecule has 1 saturated heterocycles. The van der Waals surface area contributed by atoms with Gasteiger partial charge in [-0.15, -0.1) is 12.4 Å². The van der Waals surface area contributed by atoms with Crippen molar-refractivity contribution in [2.24, 2.45) is 5.92 Å². The summed E-state index contributed by atoms with van der Waals surface area (Å²) in [6.07, 6.45) is 4.10. The molecule has 2 N–H and O–H groups in total. The molecule has 27 heavy (non-hydrogen) atoms. The zero-order chi connectivity index (χ0) is 17.8. The Hall–Kier alpha value is -2.04. The molecule has 4 nitrogen and oxygen atoms in total. The smallest absolute Gasteiger partial charge is 0.225 e. The lowest BCUT2D eigenvalue weighted by Crippen LogP contribution is -2.42. The first-order valence-corrected chi connectivity index (χ1v) is 9.63. The van der Waals surface area contributed by atoms with Gasteiger partial charge in [0.1, 0.15) is 5.75 Å². The monoisotopic (exact) mass is 386 g/mol. The van der Waals surface area contributed by atoms with Gasteiger partial charge in [-0.05, 0) is 61.1 Å². The van der Waals surface area contributed by atoms with Crippen LogP contribution in [0.2, 0.25) is 0 Å². The van der Waals surface area contributed by atoms with Crippen LogP contribution in [0.15, 0.2) is 48.5 Å². The molecule has 0 spiro atoms. The van der Waals surface area contributed by atoms with E-state index in [0.29, 0.717) is 0 Å². The maximum absolute atomic E-state index is 12.9. The third kappa shape index (κ3) is 4.63. The molecule has 2 aliphatic rings. The SMILES string of the molecule is Cl.O=C(NC(c1ccccc1)c1ccc2c(c1)CCCO2)C1CCCNC1.